The molecule has 0 unspecified atom stereocenters. The fourth-order valence-electron chi connectivity index (χ4n) is 1.93. The molecule has 0 radical (unpaired) electrons. The smallest absolute Gasteiger partial charge is 0.250 e. The fourth-order valence-corrected chi connectivity index (χ4v) is 4.25. The lowest BCUT2D eigenvalue weighted by Crippen LogP contribution is -2.22. The number of nitrogens with one attached hydrogen (secondary N) is 1. The van der Waals surface area contributed by atoms with Crippen LogP contribution in [0.4, 0.5) is 4.39 Å². The van der Waals surface area contributed by atoms with Gasteiger partial charge in [-0.2, -0.15) is 0 Å². The predicted molar refractivity (Wildman–Crippen MR) is 85.0 cm³/mol. The van der Waals surface area contributed by atoms with Crippen LogP contribution < -0.4 is 4.72 Å². The number of aryl methyl sites for hydroxylation is 1. The van der Waals surface area contributed by atoms with E-state index < -0.39 is 10.0 Å². The SMILES string of the molecule is Cc1cc(-c2ccc(S(=O)(=O)NCc3ccc(F)cc3)s2)on1. The summed E-state index contributed by atoms with van der Waals surface area (Å²) < 4.78 is 45.2. The predicted octanol–water partition coefficient (Wildman–Crippen LogP) is 3.33. The summed E-state index contributed by atoms with van der Waals surface area (Å²) in [5, 5.41) is 3.78. The van der Waals surface area contributed by atoms with Gasteiger partial charge in [-0.15, -0.1) is 11.3 Å². The van der Waals surface area contributed by atoms with Crippen LogP contribution in [-0.4, -0.2) is 13.6 Å². The maximum absolute atomic E-state index is 12.8. The first-order valence-corrected chi connectivity index (χ1v) is 9.02. The summed E-state index contributed by atoms with van der Waals surface area (Å²) in [6.07, 6.45) is 0. The number of aromatic nitrogens is 1. The molecule has 0 aliphatic heterocycles. The van der Waals surface area contributed by atoms with E-state index in [0.717, 1.165) is 17.0 Å². The average Bonchev–Trinajstić information content (AvgIpc) is 3.16. The molecular weight excluding hydrogens is 339 g/mol. The molecule has 0 atom stereocenters. The lowest BCUT2D eigenvalue weighted by molar-refractivity contribution is 0.428. The maximum Gasteiger partial charge on any atom is 0.250 e. The summed E-state index contributed by atoms with van der Waals surface area (Å²) in [4.78, 5) is 0.688. The maximum atomic E-state index is 12.8. The molecule has 0 amide bonds. The first-order chi connectivity index (χ1) is 10.9. The highest BCUT2D eigenvalue weighted by atomic mass is 32.2. The number of rotatable bonds is 5. The summed E-state index contributed by atoms with van der Waals surface area (Å²) in [6.45, 7) is 1.89. The highest BCUT2D eigenvalue weighted by Gasteiger charge is 2.18. The van der Waals surface area contributed by atoms with Crippen LogP contribution in [0.25, 0.3) is 10.6 Å². The van der Waals surface area contributed by atoms with Gasteiger partial charge in [0.25, 0.3) is 0 Å². The minimum atomic E-state index is -3.64. The zero-order valence-corrected chi connectivity index (χ0v) is 13.7. The minimum Gasteiger partial charge on any atom is -0.355 e. The molecule has 0 bridgehead atoms. The molecule has 1 N–H and O–H groups in total. The lowest BCUT2D eigenvalue weighted by atomic mass is 10.2. The van der Waals surface area contributed by atoms with Gasteiger partial charge < -0.3 is 4.52 Å². The minimum absolute atomic E-state index is 0.0945. The van der Waals surface area contributed by atoms with Gasteiger partial charge in [0.1, 0.15) is 10.0 Å². The van der Waals surface area contributed by atoms with Crippen molar-refractivity contribution >= 4 is 21.4 Å². The molecule has 0 saturated carbocycles. The number of sulfonamides is 1. The molecule has 0 aliphatic rings. The molecule has 3 aromatic rings. The molecule has 2 aromatic heterocycles. The Morgan fingerprint density at radius 2 is 1.96 bits per heavy atom. The van der Waals surface area contributed by atoms with Gasteiger partial charge in [-0.25, -0.2) is 17.5 Å². The van der Waals surface area contributed by atoms with Crippen LogP contribution in [-0.2, 0) is 16.6 Å². The topological polar surface area (TPSA) is 72.2 Å². The Kier molecular flexibility index (Phi) is 4.29. The summed E-state index contributed by atoms with van der Waals surface area (Å²) in [7, 11) is -3.64. The van der Waals surface area contributed by atoms with Crippen molar-refractivity contribution in [3.8, 4) is 10.6 Å². The van der Waals surface area contributed by atoms with Gasteiger partial charge in [-0.05, 0) is 36.8 Å². The third-order valence-corrected chi connectivity index (χ3v) is 6.09. The molecule has 5 nitrogen and oxygen atoms in total. The largest absolute Gasteiger partial charge is 0.355 e. The Bertz CT molecular complexity index is 914. The third-order valence-electron chi connectivity index (χ3n) is 3.10. The van der Waals surface area contributed by atoms with Crippen LogP contribution in [0.15, 0.2) is 51.2 Å². The molecular formula is C15H13FN2O3S2. The number of benzene rings is 1. The summed E-state index contributed by atoms with van der Waals surface area (Å²) in [6, 6.07) is 10.6. The monoisotopic (exact) mass is 352 g/mol. The van der Waals surface area contributed by atoms with Gasteiger partial charge in [0, 0.05) is 12.6 Å². The van der Waals surface area contributed by atoms with E-state index >= 15 is 0 Å². The van der Waals surface area contributed by atoms with Crippen LogP contribution in [0.5, 0.6) is 0 Å². The second kappa shape index (κ2) is 6.23. The zero-order valence-electron chi connectivity index (χ0n) is 12.1. The van der Waals surface area contributed by atoms with Crippen molar-refractivity contribution in [2.75, 3.05) is 0 Å². The molecule has 2 heterocycles. The number of thiophene rings is 1. The molecule has 3 rings (SSSR count). The summed E-state index contributed by atoms with van der Waals surface area (Å²) in [5.41, 5.74) is 1.41. The van der Waals surface area contributed by atoms with E-state index in [1.807, 2.05) is 0 Å². The summed E-state index contributed by atoms with van der Waals surface area (Å²) >= 11 is 1.10. The van der Waals surface area contributed by atoms with E-state index in [9.17, 15) is 12.8 Å². The molecule has 8 heteroatoms. The van der Waals surface area contributed by atoms with Crippen molar-refractivity contribution in [2.24, 2.45) is 0 Å². The second-order valence-electron chi connectivity index (χ2n) is 4.90. The Morgan fingerprint density at radius 3 is 2.61 bits per heavy atom. The average molecular weight is 352 g/mol. The molecule has 0 aliphatic carbocycles. The van der Waals surface area contributed by atoms with Gasteiger partial charge in [-0.3, -0.25) is 0 Å². The summed E-state index contributed by atoms with van der Waals surface area (Å²) in [5.74, 6) is 0.175. The van der Waals surface area contributed by atoms with Gasteiger partial charge in [0.05, 0.1) is 10.6 Å². The van der Waals surface area contributed by atoms with Crippen LogP contribution in [0.1, 0.15) is 11.3 Å². The molecule has 23 heavy (non-hydrogen) atoms. The van der Waals surface area contributed by atoms with Crippen molar-refractivity contribution in [1.82, 2.24) is 9.88 Å². The van der Waals surface area contributed by atoms with Crippen molar-refractivity contribution in [1.29, 1.82) is 0 Å². The first kappa shape index (κ1) is 15.9. The second-order valence-corrected chi connectivity index (χ2v) is 7.98. The van der Waals surface area contributed by atoms with Gasteiger partial charge in [0.15, 0.2) is 5.76 Å². The third kappa shape index (κ3) is 3.66. The van der Waals surface area contributed by atoms with Crippen molar-refractivity contribution < 1.29 is 17.3 Å². The van der Waals surface area contributed by atoms with Crippen molar-refractivity contribution in [3.63, 3.8) is 0 Å². The Morgan fingerprint density at radius 1 is 1.22 bits per heavy atom. The van der Waals surface area contributed by atoms with Crippen molar-refractivity contribution in [2.45, 2.75) is 17.7 Å². The number of hydrogen-bond donors (Lipinski definition) is 1. The normalized spacial score (nSPS) is 11.7. The molecule has 120 valence electrons. The zero-order chi connectivity index (χ0) is 16.4. The van der Waals surface area contributed by atoms with E-state index in [4.69, 9.17) is 4.52 Å². The fraction of sp³-hybridized carbons (Fsp3) is 0.133. The van der Waals surface area contributed by atoms with E-state index in [2.05, 4.69) is 9.88 Å². The van der Waals surface area contributed by atoms with Crippen LogP contribution >= 0.6 is 11.3 Å². The van der Waals surface area contributed by atoms with Crippen LogP contribution in [0.2, 0.25) is 0 Å². The number of nitrogens with zero attached hydrogens (tertiary/aromatic N) is 1. The Labute approximate surface area is 136 Å². The van der Waals surface area contributed by atoms with Crippen LogP contribution in [0.3, 0.4) is 0 Å². The van der Waals surface area contributed by atoms with E-state index in [-0.39, 0.29) is 16.6 Å². The molecule has 0 fully saturated rings. The first-order valence-electron chi connectivity index (χ1n) is 6.72. The molecule has 0 spiro atoms. The van der Waals surface area contributed by atoms with Gasteiger partial charge in [0.2, 0.25) is 10.0 Å². The van der Waals surface area contributed by atoms with E-state index in [1.54, 1.807) is 19.1 Å². The number of halogens is 1. The van der Waals surface area contributed by atoms with Crippen LogP contribution in [0, 0.1) is 12.7 Å². The Balaban J connectivity index is 1.75. The quantitative estimate of drug-likeness (QED) is 0.764. The standard InChI is InChI=1S/C15H13FN2O3S2/c1-10-8-13(21-18-10)14-6-7-15(22-14)23(19,20)17-9-11-2-4-12(16)5-3-11/h2-8,17H,9H2,1H3. The number of hydrogen-bond acceptors (Lipinski definition) is 5. The molecule has 0 saturated heterocycles. The highest BCUT2D eigenvalue weighted by Crippen LogP contribution is 2.31. The van der Waals surface area contributed by atoms with Gasteiger partial charge in [-0.1, -0.05) is 17.3 Å². The van der Waals surface area contributed by atoms with Gasteiger partial charge >= 0.3 is 0 Å². The van der Waals surface area contributed by atoms with Crippen molar-refractivity contribution in [3.05, 3.63) is 59.5 Å². The molecule has 1 aromatic carbocycles. The van der Waals surface area contributed by atoms with E-state index in [1.165, 1.54) is 30.3 Å². The lowest BCUT2D eigenvalue weighted by Gasteiger charge is -2.04. The Hall–Kier alpha value is -2.03. The highest BCUT2D eigenvalue weighted by molar-refractivity contribution is 7.91. The van der Waals surface area contributed by atoms with E-state index in [0.29, 0.717) is 16.2 Å².